The molecule has 10 nitrogen and oxygen atoms in total. The predicted octanol–water partition coefficient (Wildman–Crippen LogP) is -0.311. The Bertz CT molecular complexity index is 968. The van der Waals surface area contributed by atoms with Crippen LogP contribution in [0.4, 0.5) is 5.69 Å². The lowest BCUT2D eigenvalue weighted by molar-refractivity contribution is -0.136. The summed E-state index contributed by atoms with van der Waals surface area (Å²) in [6.45, 7) is 2.72. The fourth-order valence-corrected chi connectivity index (χ4v) is 5.03. The van der Waals surface area contributed by atoms with Crippen molar-refractivity contribution in [1.82, 2.24) is 9.21 Å². The van der Waals surface area contributed by atoms with E-state index in [9.17, 15) is 18.0 Å². The lowest BCUT2D eigenvalue weighted by atomic mass is 10.2. The third kappa shape index (κ3) is 4.33. The number of methoxy groups -OCH3 is 1. The number of β-amino-alcohol motifs (C(OH)–C–C–N with tert-alkyl or cyclic N) is 1. The van der Waals surface area contributed by atoms with Crippen LogP contribution in [0.1, 0.15) is 5.56 Å². The molecular formula is C19H25N3O7S. The maximum Gasteiger partial charge on any atom is 0.337 e. The van der Waals surface area contributed by atoms with Gasteiger partial charge in [-0.1, -0.05) is 6.07 Å². The van der Waals surface area contributed by atoms with E-state index in [0.29, 0.717) is 24.5 Å². The van der Waals surface area contributed by atoms with Crippen molar-refractivity contribution in [1.29, 1.82) is 0 Å². The Kier molecular flexibility index (Phi) is 6.76. The van der Waals surface area contributed by atoms with Crippen LogP contribution in [0, 0.1) is 6.92 Å². The highest BCUT2D eigenvalue weighted by atomic mass is 32.2. The lowest BCUT2D eigenvalue weighted by Crippen LogP contribution is -2.40. The molecule has 1 amide bonds. The van der Waals surface area contributed by atoms with E-state index in [4.69, 9.17) is 14.6 Å². The second kappa shape index (κ2) is 9.13. The molecule has 0 saturated carbocycles. The summed E-state index contributed by atoms with van der Waals surface area (Å²) in [6, 6.07) is 4.72. The zero-order valence-electron chi connectivity index (χ0n) is 16.9. The molecule has 1 aromatic rings. The summed E-state index contributed by atoms with van der Waals surface area (Å²) in [5.74, 6) is -1.14. The van der Waals surface area contributed by atoms with Crippen molar-refractivity contribution in [3.8, 4) is 0 Å². The second-order valence-electron chi connectivity index (χ2n) is 6.92. The SMILES string of the molecule is COC(=O)C1=C(Nc2ccc(C)c(S(=O)(=O)N3CCOCC3)c2)C(=O)N(CCO)C1. The number of carbonyl (C=O) groups is 2. The normalized spacial score (nSPS) is 18.1. The van der Waals surface area contributed by atoms with Gasteiger partial charge in [0.1, 0.15) is 5.70 Å². The fraction of sp³-hybridized carbons (Fsp3) is 0.474. The van der Waals surface area contributed by atoms with E-state index in [1.165, 1.54) is 22.4 Å². The smallest absolute Gasteiger partial charge is 0.337 e. The van der Waals surface area contributed by atoms with Crippen molar-refractivity contribution in [3.63, 3.8) is 0 Å². The molecule has 164 valence electrons. The van der Waals surface area contributed by atoms with Gasteiger partial charge in [-0.2, -0.15) is 4.31 Å². The van der Waals surface area contributed by atoms with Crippen LogP contribution in [0.3, 0.4) is 0 Å². The van der Waals surface area contributed by atoms with E-state index in [1.807, 2.05) is 0 Å². The molecule has 0 atom stereocenters. The summed E-state index contributed by atoms with van der Waals surface area (Å²) >= 11 is 0. The zero-order valence-corrected chi connectivity index (χ0v) is 17.7. The third-order valence-corrected chi connectivity index (χ3v) is 7.04. The van der Waals surface area contributed by atoms with E-state index in [2.05, 4.69) is 5.32 Å². The molecule has 0 aliphatic carbocycles. The van der Waals surface area contributed by atoms with Gasteiger partial charge in [0.25, 0.3) is 5.91 Å². The average molecular weight is 439 g/mol. The Morgan fingerprint density at radius 2 is 2.00 bits per heavy atom. The Morgan fingerprint density at radius 3 is 2.63 bits per heavy atom. The zero-order chi connectivity index (χ0) is 21.9. The van der Waals surface area contributed by atoms with E-state index < -0.39 is 21.9 Å². The van der Waals surface area contributed by atoms with Crippen molar-refractivity contribution in [2.75, 3.05) is 58.4 Å². The monoisotopic (exact) mass is 439 g/mol. The first-order valence-corrected chi connectivity index (χ1v) is 10.9. The number of carbonyl (C=O) groups excluding carboxylic acids is 2. The summed E-state index contributed by atoms with van der Waals surface area (Å²) in [5.41, 5.74) is 1.04. The number of hydrogen-bond acceptors (Lipinski definition) is 8. The molecular weight excluding hydrogens is 414 g/mol. The van der Waals surface area contributed by atoms with Crippen LogP contribution in [0.25, 0.3) is 0 Å². The molecule has 2 heterocycles. The van der Waals surface area contributed by atoms with Crippen molar-refractivity contribution in [3.05, 3.63) is 35.0 Å². The first kappa shape index (κ1) is 22.2. The largest absolute Gasteiger partial charge is 0.466 e. The quantitative estimate of drug-likeness (QED) is 0.554. The molecule has 0 spiro atoms. The van der Waals surface area contributed by atoms with Crippen molar-refractivity contribution >= 4 is 27.6 Å². The molecule has 2 N–H and O–H groups in total. The number of ether oxygens (including phenoxy) is 2. The number of amides is 1. The molecule has 2 aliphatic rings. The highest BCUT2D eigenvalue weighted by Gasteiger charge is 2.35. The summed E-state index contributed by atoms with van der Waals surface area (Å²) in [6.07, 6.45) is 0. The van der Waals surface area contributed by atoms with E-state index in [-0.39, 0.29) is 49.0 Å². The van der Waals surface area contributed by atoms with Crippen LogP contribution >= 0.6 is 0 Å². The van der Waals surface area contributed by atoms with Gasteiger partial charge in [0.05, 0.1) is 43.9 Å². The number of sulfonamides is 1. The van der Waals surface area contributed by atoms with Crippen molar-refractivity contribution < 1.29 is 32.6 Å². The highest BCUT2D eigenvalue weighted by Crippen LogP contribution is 2.27. The number of hydrogen-bond donors (Lipinski definition) is 2. The number of anilines is 1. The maximum absolute atomic E-state index is 13.1. The molecule has 2 aliphatic heterocycles. The standard InChI is InChI=1S/C19H25N3O7S/c1-13-3-4-14(11-16(13)30(26,27)22-6-9-29-10-7-22)20-17-15(19(25)28-2)12-21(5-8-23)18(17)24/h3-4,11,20,23H,5-10,12H2,1-2H3. The first-order valence-electron chi connectivity index (χ1n) is 9.46. The number of aliphatic hydroxyl groups excluding tert-OH is 1. The number of nitrogens with one attached hydrogen (secondary N) is 1. The molecule has 0 unspecified atom stereocenters. The first-order chi connectivity index (χ1) is 14.3. The van der Waals surface area contributed by atoms with Crippen LogP contribution in [-0.4, -0.2) is 87.7 Å². The van der Waals surface area contributed by atoms with Gasteiger partial charge in [-0.05, 0) is 24.6 Å². The number of morpholine rings is 1. The van der Waals surface area contributed by atoms with E-state index in [1.54, 1.807) is 19.1 Å². The number of aryl methyl sites for hydroxylation is 1. The van der Waals surface area contributed by atoms with Crippen LogP contribution in [0.2, 0.25) is 0 Å². The molecule has 1 aromatic carbocycles. The lowest BCUT2D eigenvalue weighted by Gasteiger charge is -2.27. The van der Waals surface area contributed by atoms with Crippen LogP contribution in [0.15, 0.2) is 34.4 Å². The van der Waals surface area contributed by atoms with E-state index in [0.717, 1.165) is 0 Å². The summed E-state index contributed by atoms with van der Waals surface area (Å²) < 4.78 is 37.5. The molecule has 30 heavy (non-hydrogen) atoms. The number of aliphatic hydroxyl groups is 1. The number of benzene rings is 1. The van der Waals surface area contributed by atoms with Crippen molar-refractivity contribution in [2.24, 2.45) is 0 Å². The van der Waals surface area contributed by atoms with Gasteiger partial charge in [-0.25, -0.2) is 13.2 Å². The summed E-state index contributed by atoms with van der Waals surface area (Å²) in [4.78, 5) is 26.2. The molecule has 1 saturated heterocycles. The highest BCUT2D eigenvalue weighted by molar-refractivity contribution is 7.89. The molecule has 0 bridgehead atoms. The molecule has 11 heteroatoms. The molecule has 1 fully saturated rings. The maximum atomic E-state index is 13.1. The van der Waals surface area contributed by atoms with Gasteiger partial charge < -0.3 is 24.8 Å². The Balaban J connectivity index is 1.94. The number of nitrogens with zero attached hydrogens (tertiary/aromatic N) is 2. The van der Waals surface area contributed by atoms with Crippen molar-refractivity contribution in [2.45, 2.75) is 11.8 Å². The van der Waals surface area contributed by atoms with Gasteiger partial charge in [0.15, 0.2) is 0 Å². The predicted molar refractivity (Wildman–Crippen MR) is 107 cm³/mol. The third-order valence-electron chi connectivity index (χ3n) is 5.00. The number of esters is 1. The fourth-order valence-electron chi connectivity index (χ4n) is 3.38. The topological polar surface area (TPSA) is 125 Å². The van der Waals surface area contributed by atoms with Gasteiger partial charge in [0, 0.05) is 25.3 Å². The Morgan fingerprint density at radius 1 is 1.30 bits per heavy atom. The van der Waals surface area contributed by atoms with Crippen LogP contribution in [-0.2, 0) is 29.1 Å². The van der Waals surface area contributed by atoms with Crippen LogP contribution in [0.5, 0.6) is 0 Å². The minimum absolute atomic E-state index is 0.000799. The van der Waals surface area contributed by atoms with Gasteiger partial charge >= 0.3 is 5.97 Å². The Hall–Kier alpha value is -2.47. The molecule has 0 aromatic heterocycles. The second-order valence-corrected chi connectivity index (χ2v) is 8.82. The van der Waals surface area contributed by atoms with E-state index >= 15 is 0 Å². The molecule has 0 radical (unpaired) electrons. The number of rotatable bonds is 7. The van der Waals surface area contributed by atoms with Crippen LogP contribution < -0.4 is 5.32 Å². The summed E-state index contributed by atoms with van der Waals surface area (Å²) in [5, 5.41) is 12.0. The van der Waals surface area contributed by atoms with Gasteiger partial charge in [-0.15, -0.1) is 0 Å². The molecule has 3 rings (SSSR count). The van der Waals surface area contributed by atoms with Gasteiger partial charge in [0.2, 0.25) is 10.0 Å². The minimum atomic E-state index is -3.74. The minimum Gasteiger partial charge on any atom is -0.466 e. The Labute approximate surface area is 175 Å². The summed E-state index contributed by atoms with van der Waals surface area (Å²) in [7, 11) is -2.53. The average Bonchev–Trinajstić information content (AvgIpc) is 3.05. The van der Waals surface area contributed by atoms with Gasteiger partial charge in [-0.3, -0.25) is 4.79 Å².